The lowest BCUT2D eigenvalue weighted by Gasteiger charge is -2.15. The second kappa shape index (κ2) is 6.47. The van der Waals surface area contributed by atoms with Gasteiger partial charge in [0.2, 0.25) is 0 Å². The van der Waals surface area contributed by atoms with E-state index < -0.39 is 11.7 Å². The maximum atomic E-state index is 12.6. The quantitative estimate of drug-likeness (QED) is 0.865. The number of hydrogen-bond acceptors (Lipinski definition) is 1. The standard InChI is InChI=1S/C11H13ClF3N.ClH/c1-2-3-10(16)7-4-5-9(12)8(6-7)11(13,14)15;/h4-6,10H,2-3,16H2,1H3;1H/t10-;/m1./s1. The van der Waals surface area contributed by atoms with Crippen molar-refractivity contribution in [2.24, 2.45) is 5.73 Å². The third-order valence-electron chi connectivity index (χ3n) is 2.32. The third kappa shape index (κ3) is 4.37. The van der Waals surface area contributed by atoms with E-state index in [1.165, 1.54) is 12.1 Å². The zero-order valence-corrected chi connectivity index (χ0v) is 10.8. The number of halogens is 5. The molecule has 0 radical (unpaired) electrons. The SMILES string of the molecule is CCC[C@@H](N)c1ccc(Cl)c(C(F)(F)F)c1.Cl. The van der Waals surface area contributed by atoms with Crippen LogP contribution in [0.5, 0.6) is 0 Å². The summed E-state index contributed by atoms with van der Waals surface area (Å²) in [6, 6.07) is 3.44. The molecular formula is C11H14Cl2F3N. The van der Waals surface area contributed by atoms with Gasteiger partial charge in [-0.3, -0.25) is 0 Å². The highest BCUT2D eigenvalue weighted by atomic mass is 35.5. The molecule has 2 N–H and O–H groups in total. The summed E-state index contributed by atoms with van der Waals surface area (Å²) in [5, 5.41) is -0.292. The molecular weight excluding hydrogens is 274 g/mol. The van der Waals surface area contributed by atoms with Crippen molar-refractivity contribution in [1.29, 1.82) is 0 Å². The molecule has 0 bridgehead atoms. The van der Waals surface area contributed by atoms with Gasteiger partial charge in [-0.05, 0) is 24.1 Å². The van der Waals surface area contributed by atoms with Crippen LogP contribution in [-0.4, -0.2) is 0 Å². The Kier molecular flexibility index (Phi) is 6.30. The van der Waals surface area contributed by atoms with Gasteiger partial charge in [0.15, 0.2) is 0 Å². The van der Waals surface area contributed by atoms with Crippen molar-refractivity contribution in [3.8, 4) is 0 Å². The minimum absolute atomic E-state index is 0. The van der Waals surface area contributed by atoms with Gasteiger partial charge in [0.1, 0.15) is 0 Å². The highest BCUT2D eigenvalue weighted by Crippen LogP contribution is 2.36. The average molecular weight is 288 g/mol. The monoisotopic (exact) mass is 287 g/mol. The summed E-state index contributed by atoms with van der Waals surface area (Å²) >= 11 is 5.50. The molecule has 1 aromatic carbocycles. The average Bonchev–Trinajstić information content (AvgIpc) is 2.16. The number of hydrogen-bond donors (Lipinski definition) is 1. The molecule has 0 saturated heterocycles. The molecule has 0 heterocycles. The molecule has 6 heteroatoms. The van der Waals surface area contributed by atoms with Crippen LogP contribution >= 0.6 is 24.0 Å². The molecule has 1 atom stereocenters. The summed E-state index contributed by atoms with van der Waals surface area (Å²) in [5.41, 5.74) is 5.41. The topological polar surface area (TPSA) is 26.0 Å². The van der Waals surface area contributed by atoms with Gasteiger partial charge in [0, 0.05) is 6.04 Å². The Morgan fingerprint density at radius 1 is 1.35 bits per heavy atom. The van der Waals surface area contributed by atoms with Gasteiger partial charge < -0.3 is 5.73 Å². The van der Waals surface area contributed by atoms with Crippen molar-refractivity contribution in [1.82, 2.24) is 0 Å². The van der Waals surface area contributed by atoms with Crippen molar-refractivity contribution in [3.63, 3.8) is 0 Å². The largest absolute Gasteiger partial charge is 0.417 e. The Morgan fingerprint density at radius 2 is 1.94 bits per heavy atom. The van der Waals surface area contributed by atoms with Gasteiger partial charge in [0.05, 0.1) is 10.6 Å². The van der Waals surface area contributed by atoms with E-state index in [9.17, 15) is 13.2 Å². The zero-order chi connectivity index (χ0) is 12.3. The summed E-state index contributed by atoms with van der Waals surface area (Å²) in [5.74, 6) is 0. The van der Waals surface area contributed by atoms with E-state index in [1.54, 1.807) is 0 Å². The second-order valence-corrected chi connectivity index (χ2v) is 4.04. The van der Waals surface area contributed by atoms with Crippen LogP contribution in [0.1, 0.15) is 36.9 Å². The maximum absolute atomic E-state index is 12.6. The van der Waals surface area contributed by atoms with Crippen LogP contribution in [0.3, 0.4) is 0 Å². The lowest BCUT2D eigenvalue weighted by atomic mass is 10.0. The van der Waals surface area contributed by atoms with Crippen molar-refractivity contribution in [2.45, 2.75) is 32.0 Å². The summed E-state index contributed by atoms with van der Waals surface area (Å²) in [6.07, 6.45) is -2.96. The maximum Gasteiger partial charge on any atom is 0.417 e. The highest BCUT2D eigenvalue weighted by molar-refractivity contribution is 6.31. The van der Waals surface area contributed by atoms with Gasteiger partial charge in [0.25, 0.3) is 0 Å². The first-order chi connectivity index (χ1) is 7.36. The molecule has 1 rings (SSSR count). The van der Waals surface area contributed by atoms with Crippen LogP contribution < -0.4 is 5.73 Å². The number of benzene rings is 1. The van der Waals surface area contributed by atoms with Crippen LogP contribution in [-0.2, 0) is 6.18 Å². The first kappa shape index (κ1) is 16.6. The summed E-state index contributed by atoms with van der Waals surface area (Å²) in [4.78, 5) is 0. The lowest BCUT2D eigenvalue weighted by molar-refractivity contribution is -0.137. The molecule has 98 valence electrons. The molecule has 17 heavy (non-hydrogen) atoms. The Bertz CT molecular complexity index is 366. The van der Waals surface area contributed by atoms with E-state index in [4.69, 9.17) is 17.3 Å². The van der Waals surface area contributed by atoms with Crippen molar-refractivity contribution >= 4 is 24.0 Å². The number of rotatable bonds is 3. The predicted molar refractivity (Wildman–Crippen MR) is 65.5 cm³/mol. The third-order valence-corrected chi connectivity index (χ3v) is 2.65. The molecule has 0 aliphatic heterocycles. The molecule has 0 aliphatic rings. The lowest BCUT2D eigenvalue weighted by Crippen LogP contribution is -2.12. The van der Waals surface area contributed by atoms with E-state index in [-0.39, 0.29) is 23.5 Å². The fraction of sp³-hybridized carbons (Fsp3) is 0.455. The van der Waals surface area contributed by atoms with Crippen molar-refractivity contribution < 1.29 is 13.2 Å². The molecule has 0 amide bonds. The van der Waals surface area contributed by atoms with Crippen molar-refractivity contribution in [2.75, 3.05) is 0 Å². The van der Waals surface area contributed by atoms with Crippen LogP contribution in [0.4, 0.5) is 13.2 Å². The van der Waals surface area contributed by atoms with E-state index >= 15 is 0 Å². The predicted octanol–water partition coefficient (Wildman–Crippen LogP) is 4.58. The smallest absolute Gasteiger partial charge is 0.324 e. The van der Waals surface area contributed by atoms with Crippen LogP contribution in [0.15, 0.2) is 18.2 Å². The first-order valence-corrected chi connectivity index (χ1v) is 5.36. The number of nitrogens with two attached hydrogens (primary N) is 1. The highest BCUT2D eigenvalue weighted by Gasteiger charge is 2.33. The van der Waals surface area contributed by atoms with Crippen LogP contribution in [0.25, 0.3) is 0 Å². The van der Waals surface area contributed by atoms with Gasteiger partial charge >= 0.3 is 6.18 Å². The molecule has 0 saturated carbocycles. The summed E-state index contributed by atoms with van der Waals surface area (Å²) in [6.45, 7) is 1.93. The summed E-state index contributed by atoms with van der Waals surface area (Å²) in [7, 11) is 0. The van der Waals surface area contributed by atoms with Gasteiger partial charge in [-0.1, -0.05) is 31.0 Å². The molecule has 0 fully saturated rings. The molecule has 0 aliphatic carbocycles. The van der Waals surface area contributed by atoms with Crippen LogP contribution in [0, 0.1) is 0 Å². The second-order valence-electron chi connectivity index (χ2n) is 3.63. The fourth-order valence-corrected chi connectivity index (χ4v) is 1.69. The first-order valence-electron chi connectivity index (χ1n) is 4.98. The molecule has 0 spiro atoms. The minimum atomic E-state index is -4.43. The van der Waals surface area contributed by atoms with E-state index in [0.717, 1.165) is 12.5 Å². The zero-order valence-electron chi connectivity index (χ0n) is 9.22. The molecule has 1 nitrogen and oxygen atoms in total. The Morgan fingerprint density at radius 3 is 2.41 bits per heavy atom. The minimum Gasteiger partial charge on any atom is -0.324 e. The van der Waals surface area contributed by atoms with Gasteiger partial charge in [-0.2, -0.15) is 13.2 Å². The molecule has 0 unspecified atom stereocenters. The molecule has 1 aromatic rings. The molecule has 0 aromatic heterocycles. The van der Waals surface area contributed by atoms with E-state index in [1.807, 2.05) is 6.92 Å². The van der Waals surface area contributed by atoms with Gasteiger partial charge in [-0.15, -0.1) is 12.4 Å². The van der Waals surface area contributed by atoms with E-state index in [2.05, 4.69) is 0 Å². The fourth-order valence-electron chi connectivity index (χ4n) is 1.47. The number of alkyl halides is 3. The summed E-state index contributed by atoms with van der Waals surface area (Å²) < 4.78 is 37.7. The Labute approximate surface area is 110 Å². The van der Waals surface area contributed by atoms with E-state index in [0.29, 0.717) is 12.0 Å². The van der Waals surface area contributed by atoms with Crippen LogP contribution in [0.2, 0.25) is 5.02 Å². The normalized spacial score (nSPS) is 13.1. The van der Waals surface area contributed by atoms with Crippen molar-refractivity contribution in [3.05, 3.63) is 34.3 Å². The Balaban J connectivity index is 0.00000256. The Hall–Kier alpha value is -0.450. The van der Waals surface area contributed by atoms with Gasteiger partial charge in [-0.25, -0.2) is 0 Å².